The van der Waals surface area contributed by atoms with E-state index in [4.69, 9.17) is 4.74 Å². The molecule has 4 nitrogen and oxygen atoms in total. The van der Waals surface area contributed by atoms with Crippen molar-refractivity contribution in [2.75, 3.05) is 0 Å². The minimum Gasteiger partial charge on any atom is -0.507 e. The standard InChI is InChI=1S/C18H16O4/c1-12(2)18(21)22-11-13-8-9-16(19)15(10-13)17(20)14-6-4-3-5-7-14/h3-10,19H,1,11H2,2H3. The number of rotatable bonds is 5. The highest BCUT2D eigenvalue weighted by molar-refractivity contribution is 6.10. The Morgan fingerprint density at radius 3 is 2.45 bits per heavy atom. The second-order valence-electron chi connectivity index (χ2n) is 4.90. The molecule has 0 amide bonds. The fourth-order valence-electron chi connectivity index (χ4n) is 1.87. The Labute approximate surface area is 128 Å². The van der Waals surface area contributed by atoms with E-state index in [-0.39, 0.29) is 23.7 Å². The average Bonchev–Trinajstić information content (AvgIpc) is 2.53. The van der Waals surface area contributed by atoms with Crippen molar-refractivity contribution >= 4 is 11.8 Å². The molecule has 22 heavy (non-hydrogen) atoms. The highest BCUT2D eigenvalue weighted by atomic mass is 16.5. The monoisotopic (exact) mass is 296 g/mol. The highest BCUT2D eigenvalue weighted by Crippen LogP contribution is 2.22. The Kier molecular flexibility index (Phi) is 4.73. The van der Waals surface area contributed by atoms with Gasteiger partial charge < -0.3 is 9.84 Å². The van der Waals surface area contributed by atoms with Gasteiger partial charge in [0.25, 0.3) is 0 Å². The van der Waals surface area contributed by atoms with Crippen LogP contribution in [0.5, 0.6) is 5.75 Å². The van der Waals surface area contributed by atoms with E-state index in [1.165, 1.54) is 12.1 Å². The Morgan fingerprint density at radius 2 is 1.82 bits per heavy atom. The van der Waals surface area contributed by atoms with Crippen molar-refractivity contribution in [2.45, 2.75) is 13.5 Å². The van der Waals surface area contributed by atoms with Crippen molar-refractivity contribution in [1.82, 2.24) is 0 Å². The summed E-state index contributed by atoms with van der Waals surface area (Å²) in [7, 11) is 0. The Bertz CT molecular complexity index is 717. The number of ether oxygens (including phenoxy) is 1. The molecule has 4 heteroatoms. The van der Waals surface area contributed by atoms with E-state index < -0.39 is 5.97 Å². The molecular formula is C18H16O4. The maximum atomic E-state index is 12.4. The number of aromatic hydroxyl groups is 1. The maximum absolute atomic E-state index is 12.4. The smallest absolute Gasteiger partial charge is 0.333 e. The molecule has 0 spiro atoms. The number of phenols is 1. The lowest BCUT2D eigenvalue weighted by molar-refractivity contribution is -0.140. The SMILES string of the molecule is C=C(C)C(=O)OCc1ccc(O)c(C(=O)c2ccccc2)c1. The summed E-state index contributed by atoms with van der Waals surface area (Å²) in [5.74, 6) is -0.890. The molecule has 1 N–H and O–H groups in total. The zero-order valence-electron chi connectivity index (χ0n) is 12.2. The van der Waals surface area contributed by atoms with Gasteiger partial charge in [-0.1, -0.05) is 43.0 Å². The normalized spacial score (nSPS) is 10.0. The van der Waals surface area contributed by atoms with Gasteiger partial charge in [0.1, 0.15) is 12.4 Å². The van der Waals surface area contributed by atoms with Gasteiger partial charge in [-0.05, 0) is 24.6 Å². The van der Waals surface area contributed by atoms with Crippen molar-refractivity contribution in [1.29, 1.82) is 0 Å². The molecule has 0 fully saturated rings. The second kappa shape index (κ2) is 6.72. The van der Waals surface area contributed by atoms with Crippen LogP contribution < -0.4 is 0 Å². The molecule has 0 aromatic heterocycles. The van der Waals surface area contributed by atoms with Gasteiger partial charge in [0.05, 0.1) is 5.56 Å². The van der Waals surface area contributed by atoms with Gasteiger partial charge in [-0.25, -0.2) is 4.79 Å². The summed E-state index contributed by atoms with van der Waals surface area (Å²) in [6.45, 7) is 5.07. The molecule has 112 valence electrons. The molecule has 0 atom stereocenters. The lowest BCUT2D eigenvalue weighted by Gasteiger charge is -2.08. The number of benzene rings is 2. The first kappa shape index (κ1) is 15.5. The number of ketones is 1. The zero-order chi connectivity index (χ0) is 16.1. The molecule has 0 bridgehead atoms. The molecule has 0 saturated heterocycles. The third-order valence-corrected chi connectivity index (χ3v) is 3.06. The van der Waals surface area contributed by atoms with Crippen molar-refractivity contribution < 1.29 is 19.4 Å². The summed E-state index contributed by atoms with van der Waals surface area (Å²) in [5.41, 5.74) is 1.58. The summed E-state index contributed by atoms with van der Waals surface area (Å²) in [4.78, 5) is 23.8. The fourth-order valence-corrected chi connectivity index (χ4v) is 1.87. The van der Waals surface area contributed by atoms with Gasteiger partial charge in [0, 0.05) is 11.1 Å². The minimum atomic E-state index is -0.496. The summed E-state index contributed by atoms with van der Waals surface area (Å²) in [5, 5.41) is 9.89. The highest BCUT2D eigenvalue weighted by Gasteiger charge is 2.14. The average molecular weight is 296 g/mol. The zero-order valence-corrected chi connectivity index (χ0v) is 12.2. The van der Waals surface area contributed by atoms with Gasteiger partial charge >= 0.3 is 5.97 Å². The van der Waals surface area contributed by atoms with Gasteiger partial charge in [-0.15, -0.1) is 0 Å². The molecule has 2 rings (SSSR count). The van der Waals surface area contributed by atoms with E-state index in [0.717, 1.165) is 0 Å². The summed E-state index contributed by atoms with van der Waals surface area (Å²) in [6.07, 6.45) is 0. The molecule has 0 unspecified atom stereocenters. The van der Waals surface area contributed by atoms with E-state index in [2.05, 4.69) is 6.58 Å². The van der Waals surface area contributed by atoms with Crippen LogP contribution in [-0.4, -0.2) is 16.9 Å². The first-order valence-electron chi connectivity index (χ1n) is 6.73. The predicted octanol–water partition coefficient (Wildman–Crippen LogP) is 3.24. The molecule has 2 aromatic rings. The summed E-state index contributed by atoms with van der Waals surface area (Å²) in [6, 6.07) is 13.2. The van der Waals surface area contributed by atoms with Gasteiger partial charge in [0.15, 0.2) is 5.78 Å². The van der Waals surface area contributed by atoms with E-state index in [0.29, 0.717) is 16.7 Å². The predicted molar refractivity (Wildman–Crippen MR) is 82.6 cm³/mol. The maximum Gasteiger partial charge on any atom is 0.333 e. The summed E-state index contributed by atoms with van der Waals surface area (Å²) < 4.78 is 5.04. The van der Waals surface area contributed by atoms with Gasteiger partial charge in [-0.2, -0.15) is 0 Å². The Balaban J connectivity index is 2.22. The van der Waals surface area contributed by atoms with Crippen molar-refractivity contribution in [3.05, 3.63) is 77.4 Å². The van der Waals surface area contributed by atoms with Crippen LogP contribution in [0.2, 0.25) is 0 Å². The number of esters is 1. The third-order valence-electron chi connectivity index (χ3n) is 3.06. The van der Waals surface area contributed by atoms with E-state index >= 15 is 0 Å². The van der Waals surface area contributed by atoms with Crippen LogP contribution in [-0.2, 0) is 16.1 Å². The number of carbonyl (C=O) groups excluding carboxylic acids is 2. The lowest BCUT2D eigenvalue weighted by Crippen LogP contribution is -2.06. The quantitative estimate of drug-likeness (QED) is 0.522. The Morgan fingerprint density at radius 1 is 1.14 bits per heavy atom. The minimum absolute atomic E-state index is 0.0149. The van der Waals surface area contributed by atoms with Crippen LogP contribution in [0.1, 0.15) is 28.4 Å². The fraction of sp³-hybridized carbons (Fsp3) is 0.111. The molecule has 0 aliphatic rings. The van der Waals surface area contributed by atoms with E-state index in [1.54, 1.807) is 37.3 Å². The van der Waals surface area contributed by atoms with E-state index in [9.17, 15) is 14.7 Å². The molecule has 0 aliphatic carbocycles. The first-order chi connectivity index (χ1) is 10.5. The van der Waals surface area contributed by atoms with Crippen LogP contribution >= 0.6 is 0 Å². The van der Waals surface area contributed by atoms with E-state index in [1.807, 2.05) is 6.07 Å². The molecule has 0 saturated carbocycles. The van der Waals surface area contributed by atoms with Crippen LogP contribution in [0.4, 0.5) is 0 Å². The molecule has 2 aromatic carbocycles. The van der Waals surface area contributed by atoms with Gasteiger partial charge in [-0.3, -0.25) is 4.79 Å². The van der Waals surface area contributed by atoms with Gasteiger partial charge in [0.2, 0.25) is 0 Å². The molecule has 0 heterocycles. The molecule has 0 aliphatic heterocycles. The first-order valence-corrected chi connectivity index (χ1v) is 6.73. The van der Waals surface area contributed by atoms with Crippen molar-refractivity contribution in [3.63, 3.8) is 0 Å². The van der Waals surface area contributed by atoms with Crippen molar-refractivity contribution in [2.24, 2.45) is 0 Å². The second-order valence-corrected chi connectivity index (χ2v) is 4.90. The summed E-state index contributed by atoms with van der Waals surface area (Å²) >= 11 is 0. The Hall–Kier alpha value is -2.88. The third kappa shape index (κ3) is 3.61. The number of hydrogen-bond acceptors (Lipinski definition) is 4. The van der Waals surface area contributed by atoms with Crippen LogP contribution in [0.25, 0.3) is 0 Å². The van der Waals surface area contributed by atoms with Crippen LogP contribution in [0.3, 0.4) is 0 Å². The largest absolute Gasteiger partial charge is 0.507 e. The van der Waals surface area contributed by atoms with Crippen LogP contribution in [0, 0.1) is 0 Å². The lowest BCUT2D eigenvalue weighted by atomic mass is 10.0. The molecular weight excluding hydrogens is 280 g/mol. The molecule has 0 radical (unpaired) electrons. The number of phenolic OH excluding ortho intramolecular Hbond substituents is 1. The van der Waals surface area contributed by atoms with Crippen molar-refractivity contribution in [3.8, 4) is 5.75 Å². The number of carbonyl (C=O) groups is 2. The number of hydrogen-bond donors (Lipinski definition) is 1. The topological polar surface area (TPSA) is 63.6 Å². The van der Waals surface area contributed by atoms with Crippen LogP contribution in [0.15, 0.2) is 60.7 Å².